The number of likely N-dealkylation sites (tertiary alicyclic amines) is 1. The van der Waals surface area contributed by atoms with Gasteiger partial charge < -0.3 is 14.4 Å². The zero-order valence-electron chi connectivity index (χ0n) is 15.3. The minimum Gasteiger partial charge on any atom is -0.488 e. The van der Waals surface area contributed by atoms with E-state index in [1.165, 1.54) is 22.3 Å². The number of carbonyl (C=O) groups is 1. The summed E-state index contributed by atoms with van der Waals surface area (Å²) in [6.45, 7) is 4.10. The maximum absolute atomic E-state index is 12.0. The summed E-state index contributed by atoms with van der Waals surface area (Å²) in [5, 5.41) is 0.668. The summed E-state index contributed by atoms with van der Waals surface area (Å²) in [5.41, 5.74) is 6.01. The molecule has 4 rings (SSSR count). The second kappa shape index (κ2) is 7.65. The fraction of sp³-hybridized carbons (Fsp3) is 0.318. The number of carbonyl (C=O) groups excluding carboxylic acids is 1. The predicted molar refractivity (Wildman–Crippen MR) is 106 cm³/mol. The van der Waals surface area contributed by atoms with Gasteiger partial charge >= 0.3 is 6.09 Å². The van der Waals surface area contributed by atoms with Crippen molar-refractivity contribution in [2.75, 3.05) is 19.7 Å². The minimum atomic E-state index is -0.224. The van der Waals surface area contributed by atoms with Crippen LogP contribution in [0.1, 0.15) is 36.5 Å². The molecule has 2 aromatic rings. The first-order chi connectivity index (χ1) is 13.2. The van der Waals surface area contributed by atoms with E-state index in [9.17, 15) is 4.79 Å². The largest absolute Gasteiger partial charge is 0.488 e. The van der Waals surface area contributed by atoms with Gasteiger partial charge in [-0.25, -0.2) is 4.79 Å². The van der Waals surface area contributed by atoms with Crippen LogP contribution in [0.4, 0.5) is 4.79 Å². The second-order valence-corrected chi connectivity index (χ2v) is 7.19. The Morgan fingerprint density at radius 3 is 2.70 bits per heavy atom. The first-order valence-corrected chi connectivity index (χ1v) is 9.70. The highest BCUT2D eigenvalue weighted by Gasteiger charge is 2.26. The summed E-state index contributed by atoms with van der Waals surface area (Å²) in [5.74, 6) is 0.814. The number of benzene rings is 2. The van der Waals surface area contributed by atoms with Gasteiger partial charge in [-0.15, -0.1) is 0 Å². The number of nitrogens with zero attached hydrogens (tertiary/aromatic N) is 1. The van der Waals surface area contributed by atoms with E-state index in [0.29, 0.717) is 31.3 Å². The smallest absolute Gasteiger partial charge is 0.409 e. The van der Waals surface area contributed by atoms with Crippen LogP contribution in [0, 0.1) is 0 Å². The first kappa shape index (κ1) is 17.9. The van der Waals surface area contributed by atoms with Crippen molar-refractivity contribution in [2.24, 2.45) is 0 Å². The van der Waals surface area contributed by atoms with Crippen LogP contribution in [-0.4, -0.2) is 30.7 Å². The molecule has 5 heteroatoms. The Kier molecular flexibility index (Phi) is 5.08. The third-order valence-corrected chi connectivity index (χ3v) is 5.36. The van der Waals surface area contributed by atoms with Crippen LogP contribution in [0.3, 0.4) is 0 Å². The highest BCUT2D eigenvalue weighted by atomic mass is 35.5. The average Bonchev–Trinajstić information content (AvgIpc) is 2.85. The van der Waals surface area contributed by atoms with Crippen LogP contribution in [0.5, 0.6) is 5.75 Å². The third-order valence-electron chi connectivity index (χ3n) is 5.13. The zero-order valence-corrected chi connectivity index (χ0v) is 16.1. The van der Waals surface area contributed by atoms with Crippen molar-refractivity contribution in [1.29, 1.82) is 0 Å². The van der Waals surface area contributed by atoms with Gasteiger partial charge in [-0.3, -0.25) is 0 Å². The van der Waals surface area contributed by atoms with Gasteiger partial charge in [0.05, 0.1) is 6.61 Å². The molecule has 0 saturated carbocycles. The van der Waals surface area contributed by atoms with E-state index in [1.807, 2.05) is 31.2 Å². The molecule has 140 valence electrons. The SMILES string of the molecule is CCOC(=O)N1CCC(=C2c3ccccc3COc3cc(Cl)ccc32)CC1. The van der Waals surface area contributed by atoms with Crippen LogP contribution in [-0.2, 0) is 11.3 Å². The summed E-state index contributed by atoms with van der Waals surface area (Å²) in [6.07, 6.45) is 1.42. The highest BCUT2D eigenvalue weighted by molar-refractivity contribution is 6.30. The number of hydrogen-bond acceptors (Lipinski definition) is 3. The first-order valence-electron chi connectivity index (χ1n) is 9.32. The van der Waals surface area contributed by atoms with Gasteiger partial charge in [-0.05, 0) is 54.7 Å². The maximum atomic E-state index is 12.0. The average molecular weight is 384 g/mol. The Hall–Kier alpha value is -2.46. The normalized spacial score (nSPS) is 16.1. The quantitative estimate of drug-likeness (QED) is 0.671. The van der Waals surface area contributed by atoms with Crippen LogP contribution >= 0.6 is 11.6 Å². The fourth-order valence-corrected chi connectivity index (χ4v) is 3.98. The Labute approximate surface area is 164 Å². The Morgan fingerprint density at radius 1 is 1.15 bits per heavy atom. The van der Waals surface area contributed by atoms with E-state index >= 15 is 0 Å². The lowest BCUT2D eigenvalue weighted by Crippen LogP contribution is -2.37. The standard InChI is InChI=1S/C22H22ClNO3/c1-2-26-22(25)24-11-9-15(10-12-24)21-18-6-4-3-5-16(18)14-27-20-13-17(23)7-8-19(20)21/h3-8,13H,2,9-12,14H2,1H3. The molecule has 0 atom stereocenters. The third kappa shape index (κ3) is 3.54. The molecule has 27 heavy (non-hydrogen) atoms. The van der Waals surface area contributed by atoms with Gasteiger partial charge in [-0.2, -0.15) is 0 Å². The molecular weight excluding hydrogens is 362 g/mol. The van der Waals surface area contributed by atoms with E-state index in [4.69, 9.17) is 21.1 Å². The van der Waals surface area contributed by atoms with Crippen molar-refractivity contribution in [3.05, 3.63) is 69.8 Å². The Balaban J connectivity index is 1.76. The molecular formula is C22H22ClNO3. The number of piperidine rings is 1. The molecule has 1 amide bonds. The van der Waals surface area contributed by atoms with Crippen LogP contribution in [0.15, 0.2) is 48.0 Å². The van der Waals surface area contributed by atoms with Gasteiger partial charge in [0.25, 0.3) is 0 Å². The van der Waals surface area contributed by atoms with Gasteiger partial charge in [0.15, 0.2) is 0 Å². The Bertz CT molecular complexity index is 896. The molecule has 1 fully saturated rings. The molecule has 0 unspecified atom stereocenters. The molecule has 2 heterocycles. The van der Waals surface area contributed by atoms with E-state index in [1.54, 1.807) is 4.90 Å². The maximum Gasteiger partial charge on any atom is 0.409 e. The molecule has 2 aliphatic heterocycles. The van der Waals surface area contributed by atoms with Gasteiger partial charge in [-0.1, -0.05) is 41.4 Å². The molecule has 2 aromatic carbocycles. The number of fused-ring (bicyclic) bond motifs is 2. The van der Waals surface area contributed by atoms with Crippen LogP contribution in [0.2, 0.25) is 5.02 Å². The monoisotopic (exact) mass is 383 g/mol. The van der Waals surface area contributed by atoms with Crippen molar-refractivity contribution in [3.63, 3.8) is 0 Å². The molecule has 0 N–H and O–H groups in total. The summed E-state index contributed by atoms with van der Waals surface area (Å²) >= 11 is 6.20. The highest BCUT2D eigenvalue weighted by Crippen LogP contribution is 2.41. The summed E-state index contributed by atoms with van der Waals surface area (Å²) < 4.78 is 11.2. The van der Waals surface area contributed by atoms with E-state index in [-0.39, 0.29) is 6.09 Å². The molecule has 2 aliphatic rings. The molecule has 0 bridgehead atoms. The second-order valence-electron chi connectivity index (χ2n) is 6.75. The van der Waals surface area contributed by atoms with Crippen molar-refractivity contribution in [2.45, 2.75) is 26.4 Å². The summed E-state index contributed by atoms with van der Waals surface area (Å²) in [4.78, 5) is 13.8. The lowest BCUT2D eigenvalue weighted by atomic mass is 9.86. The summed E-state index contributed by atoms with van der Waals surface area (Å²) in [7, 11) is 0. The number of rotatable bonds is 1. The summed E-state index contributed by atoms with van der Waals surface area (Å²) in [6, 6.07) is 14.2. The molecule has 1 saturated heterocycles. The number of hydrogen-bond donors (Lipinski definition) is 0. The number of halogens is 1. The Morgan fingerprint density at radius 2 is 1.93 bits per heavy atom. The molecule has 0 spiro atoms. The van der Waals surface area contributed by atoms with Crippen molar-refractivity contribution >= 4 is 23.3 Å². The van der Waals surface area contributed by atoms with Crippen molar-refractivity contribution < 1.29 is 14.3 Å². The van der Waals surface area contributed by atoms with Crippen LogP contribution in [0.25, 0.3) is 5.57 Å². The van der Waals surface area contributed by atoms with Gasteiger partial charge in [0.2, 0.25) is 0 Å². The lowest BCUT2D eigenvalue weighted by molar-refractivity contribution is 0.104. The van der Waals surface area contributed by atoms with Gasteiger partial charge in [0, 0.05) is 23.7 Å². The zero-order chi connectivity index (χ0) is 18.8. The molecule has 0 aromatic heterocycles. The number of amides is 1. The number of ether oxygens (including phenoxy) is 2. The topological polar surface area (TPSA) is 38.8 Å². The van der Waals surface area contributed by atoms with E-state index in [0.717, 1.165) is 24.2 Å². The molecule has 0 radical (unpaired) electrons. The van der Waals surface area contributed by atoms with Crippen molar-refractivity contribution in [1.82, 2.24) is 4.90 Å². The lowest BCUT2D eigenvalue weighted by Gasteiger charge is -2.29. The van der Waals surface area contributed by atoms with Crippen LogP contribution < -0.4 is 4.74 Å². The van der Waals surface area contributed by atoms with E-state index < -0.39 is 0 Å². The fourth-order valence-electron chi connectivity index (χ4n) is 3.82. The molecule has 4 nitrogen and oxygen atoms in total. The van der Waals surface area contributed by atoms with Crippen molar-refractivity contribution in [3.8, 4) is 5.75 Å². The minimum absolute atomic E-state index is 0.224. The van der Waals surface area contributed by atoms with Gasteiger partial charge in [0.1, 0.15) is 12.4 Å². The predicted octanol–water partition coefficient (Wildman–Crippen LogP) is 5.29. The van der Waals surface area contributed by atoms with E-state index in [2.05, 4.69) is 18.2 Å². The molecule has 0 aliphatic carbocycles.